The molecule has 7 heteroatoms. The van der Waals surface area contributed by atoms with E-state index in [0.29, 0.717) is 12.8 Å². The largest absolute Gasteiger partial charge is 0.466 e. The molecule has 8 atom stereocenters. The van der Waals surface area contributed by atoms with Gasteiger partial charge in [-0.2, -0.15) is 0 Å². The maximum absolute atomic E-state index is 16.8. The van der Waals surface area contributed by atoms with E-state index in [2.05, 4.69) is 0 Å². The van der Waals surface area contributed by atoms with E-state index in [1.165, 1.54) is 19.9 Å². The number of carbonyl (C=O) groups is 2. The minimum absolute atomic E-state index is 0.00599. The first-order valence-electron chi connectivity index (χ1n) is 10.2. The van der Waals surface area contributed by atoms with Gasteiger partial charge in [-0.1, -0.05) is 13.0 Å². The van der Waals surface area contributed by atoms with E-state index in [4.69, 9.17) is 4.74 Å². The first-order valence-corrected chi connectivity index (χ1v) is 10.2. The molecule has 0 bridgehead atoms. The maximum Gasteiger partial charge on any atom is 0.302 e. The molecule has 29 heavy (non-hydrogen) atoms. The van der Waals surface area contributed by atoms with Gasteiger partial charge in [0.05, 0.1) is 12.7 Å². The number of fused-ring (bicyclic) bond motifs is 5. The van der Waals surface area contributed by atoms with Crippen LogP contribution in [-0.2, 0) is 14.3 Å². The van der Waals surface area contributed by atoms with Crippen LogP contribution in [0.15, 0.2) is 23.6 Å². The van der Waals surface area contributed by atoms with Crippen molar-refractivity contribution in [3.05, 3.63) is 23.6 Å². The zero-order valence-electron chi connectivity index (χ0n) is 16.9. The summed E-state index contributed by atoms with van der Waals surface area (Å²) in [7, 11) is 0. The molecule has 0 unspecified atom stereocenters. The van der Waals surface area contributed by atoms with Crippen molar-refractivity contribution in [3.63, 3.8) is 0 Å². The van der Waals surface area contributed by atoms with Crippen LogP contribution >= 0.6 is 0 Å². The second-order valence-corrected chi connectivity index (χ2v) is 9.79. The van der Waals surface area contributed by atoms with Crippen LogP contribution in [0.5, 0.6) is 0 Å². The summed E-state index contributed by atoms with van der Waals surface area (Å²) in [6, 6.07) is 0. The fourth-order valence-electron chi connectivity index (χ4n) is 6.89. The molecule has 0 aromatic carbocycles. The molecule has 0 radical (unpaired) electrons. The Morgan fingerprint density at radius 2 is 1.97 bits per heavy atom. The van der Waals surface area contributed by atoms with Crippen LogP contribution in [0.1, 0.15) is 46.5 Å². The molecule has 0 aliphatic heterocycles. The molecule has 3 fully saturated rings. The molecule has 0 aromatic rings. The molecule has 4 nitrogen and oxygen atoms in total. The molecule has 4 rings (SSSR count). The van der Waals surface area contributed by atoms with Gasteiger partial charge in [0.15, 0.2) is 11.5 Å². The smallest absolute Gasteiger partial charge is 0.302 e. The van der Waals surface area contributed by atoms with Crippen molar-refractivity contribution >= 4 is 11.8 Å². The summed E-state index contributed by atoms with van der Waals surface area (Å²) in [6.45, 7) is 4.90. The summed E-state index contributed by atoms with van der Waals surface area (Å²) in [5.41, 5.74) is -4.89. The van der Waals surface area contributed by atoms with Gasteiger partial charge >= 0.3 is 5.97 Å². The van der Waals surface area contributed by atoms with Gasteiger partial charge in [0.1, 0.15) is 6.17 Å². The van der Waals surface area contributed by atoms with Gasteiger partial charge in [0, 0.05) is 23.8 Å². The monoisotopic (exact) mass is 412 g/mol. The molecular formula is C22H27F3O4. The van der Waals surface area contributed by atoms with Crippen LogP contribution in [0.2, 0.25) is 0 Å². The minimum Gasteiger partial charge on any atom is -0.466 e. The Hall–Kier alpha value is -1.63. The minimum atomic E-state index is -2.28. The van der Waals surface area contributed by atoms with Crippen molar-refractivity contribution in [2.75, 3.05) is 6.61 Å². The van der Waals surface area contributed by atoms with Crippen LogP contribution in [0.4, 0.5) is 13.2 Å². The van der Waals surface area contributed by atoms with Gasteiger partial charge in [-0.05, 0) is 55.9 Å². The summed E-state index contributed by atoms with van der Waals surface area (Å²) in [5.74, 6) is -3.64. The lowest BCUT2D eigenvalue weighted by atomic mass is 9.45. The molecule has 1 N–H and O–H groups in total. The van der Waals surface area contributed by atoms with Crippen LogP contribution in [0.3, 0.4) is 0 Å². The third-order valence-corrected chi connectivity index (χ3v) is 8.08. The predicted octanol–water partition coefficient (Wildman–Crippen LogP) is 3.78. The van der Waals surface area contributed by atoms with E-state index < -0.39 is 51.9 Å². The number of allylic oxidation sites excluding steroid dienone is 4. The molecular weight excluding hydrogens is 385 g/mol. The summed E-state index contributed by atoms with van der Waals surface area (Å²) in [5, 5.41) is 11.0. The molecule has 160 valence electrons. The first kappa shape index (κ1) is 20.6. The number of esters is 1. The van der Waals surface area contributed by atoms with Gasteiger partial charge in [-0.25, -0.2) is 13.2 Å². The molecule has 0 amide bonds. The third-order valence-electron chi connectivity index (χ3n) is 8.08. The van der Waals surface area contributed by atoms with Crippen molar-refractivity contribution in [1.82, 2.24) is 0 Å². The second kappa shape index (κ2) is 6.43. The lowest BCUT2D eigenvalue weighted by Crippen LogP contribution is -2.67. The summed E-state index contributed by atoms with van der Waals surface area (Å²) < 4.78 is 51.7. The number of aliphatic hydroxyl groups is 1. The fraction of sp³-hybridized carbons (Fsp3) is 0.727. The number of carbonyl (C=O) groups excluding carboxylic acids is 2. The van der Waals surface area contributed by atoms with E-state index in [1.807, 2.05) is 6.92 Å². The molecule has 0 saturated heterocycles. The highest BCUT2D eigenvalue weighted by atomic mass is 19.2. The highest BCUT2D eigenvalue weighted by molar-refractivity contribution is 6.04. The van der Waals surface area contributed by atoms with Crippen LogP contribution in [0.25, 0.3) is 0 Å². The van der Waals surface area contributed by atoms with E-state index in [9.17, 15) is 19.1 Å². The number of hydrogen-bond acceptors (Lipinski definition) is 4. The van der Waals surface area contributed by atoms with E-state index in [1.54, 1.807) is 0 Å². The van der Waals surface area contributed by atoms with Gasteiger partial charge in [0.2, 0.25) is 5.78 Å². The van der Waals surface area contributed by atoms with E-state index in [0.717, 1.165) is 6.08 Å². The van der Waals surface area contributed by atoms with Crippen molar-refractivity contribution in [1.29, 1.82) is 0 Å². The number of alkyl halides is 2. The maximum atomic E-state index is 16.8. The molecule has 4 aliphatic carbocycles. The average Bonchev–Trinajstić information content (AvgIpc) is 2.96. The molecule has 0 aromatic heterocycles. The molecule has 3 saturated carbocycles. The van der Waals surface area contributed by atoms with Gasteiger partial charge < -0.3 is 9.84 Å². The Kier molecular flexibility index (Phi) is 4.58. The fourth-order valence-corrected chi connectivity index (χ4v) is 6.89. The predicted molar refractivity (Wildman–Crippen MR) is 98.8 cm³/mol. The lowest BCUT2D eigenvalue weighted by molar-refractivity contribution is -0.196. The molecule has 0 spiro atoms. The SMILES string of the molecule is CC(=O)OC[C@@H]1C[C@H]2[C@@H]3C[C@H](F)C4=C(F)C(=O)C=C[C@]4(C)[C@@]3(F)[C@@H](O)C[C@]2(C)C1. The van der Waals surface area contributed by atoms with Crippen LogP contribution in [-0.4, -0.2) is 41.4 Å². The van der Waals surface area contributed by atoms with Crippen molar-refractivity contribution < 1.29 is 32.6 Å². The number of rotatable bonds is 2. The normalized spacial score (nSPS) is 48.8. The van der Waals surface area contributed by atoms with Crippen molar-refractivity contribution in [2.24, 2.45) is 28.6 Å². The van der Waals surface area contributed by atoms with E-state index in [-0.39, 0.29) is 37.3 Å². The zero-order chi connectivity index (χ0) is 21.4. The highest BCUT2D eigenvalue weighted by Gasteiger charge is 2.72. The topological polar surface area (TPSA) is 63.6 Å². The lowest BCUT2D eigenvalue weighted by Gasteiger charge is -2.61. The van der Waals surface area contributed by atoms with E-state index >= 15 is 8.78 Å². The number of ketones is 1. The summed E-state index contributed by atoms with van der Waals surface area (Å²) in [6.07, 6.45) is 0.0764. The zero-order valence-corrected chi connectivity index (χ0v) is 16.9. The Morgan fingerprint density at radius 1 is 1.28 bits per heavy atom. The standard InChI is InChI=1S/C22H27F3O4/c1-11(26)29-10-12-6-13-14-7-15(23)18-19(24)16(27)4-5-21(18,3)22(14,25)17(28)9-20(13,2)8-12/h4-5,12-15,17,28H,6-10H2,1-3H3/t12-,13+,14+,15+,17+,20+,21+,22+/m1/s1. The Bertz CT molecular complexity index is 823. The second-order valence-electron chi connectivity index (χ2n) is 9.79. The highest BCUT2D eigenvalue weighted by Crippen LogP contribution is 2.69. The number of aliphatic hydroxyl groups excluding tert-OH is 1. The molecule has 4 aliphatic rings. The average molecular weight is 412 g/mol. The molecule has 0 heterocycles. The number of ether oxygens (including phenoxy) is 1. The third kappa shape index (κ3) is 2.69. The van der Waals surface area contributed by atoms with Gasteiger partial charge in [0.25, 0.3) is 0 Å². The van der Waals surface area contributed by atoms with Gasteiger partial charge in [-0.3, -0.25) is 9.59 Å². The first-order chi connectivity index (χ1) is 13.4. The summed E-state index contributed by atoms with van der Waals surface area (Å²) >= 11 is 0. The Labute approximate surface area is 168 Å². The summed E-state index contributed by atoms with van der Waals surface area (Å²) in [4.78, 5) is 23.0. The van der Waals surface area contributed by atoms with Gasteiger partial charge in [-0.15, -0.1) is 0 Å². The van der Waals surface area contributed by atoms with Crippen LogP contribution < -0.4 is 0 Å². The number of hydrogen-bond donors (Lipinski definition) is 1. The van der Waals surface area contributed by atoms with Crippen molar-refractivity contribution in [3.8, 4) is 0 Å². The quantitative estimate of drug-likeness (QED) is 0.701. The Balaban J connectivity index is 1.74. The number of halogens is 3. The Morgan fingerprint density at radius 3 is 2.62 bits per heavy atom. The van der Waals surface area contributed by atoms with Crippen molar-refractivity contribution in [2.45, 2.75) is 64.4 Å². The van der Waals surface area contributed by atoms with Crippen LogP contribution in [0, 0.1) is 28.6 Å².